The van der Waals surface area contributed by atoms with Gasteiger partial charge < -0.3 is 14.5 Å². The van der Waals surface area contributed by atoms with E-state index in [9.17, 15) is 4.79 Å². The van der Waals surface area contributed by atoms with Gasteiger partial charge in [0.15, 0.2) is 0 Å². The Hall–Kier alpha value is -1.55. The van der Waals surface area contributed by atoms with Crippen LogP contribution in [0.2, 0.25) is 0 Å². The monoisotopic (exact) mass is 237 g/mol. The number of hydrogen-bond acceptors (Lipinski definition) is 2. The fraction of sp³-hybridized carbons (Fsp3) is 0.462. The minimum absolute atomic E-state index is 0.344. The van der Waals surface area contributed by atoms with Crippen molar-refractivity contribution in [3.05, 3.63) is 29.3 Å². The van der Waals surface area contributed by atoms with E-state index in [2.05, 4.69) is 20.2 Å². The van der Waals surface area contributed by atoms with Gasteiger partial charge in [-0.2, -0.15) is 0 Å². The molecule has 0 spiro atoms. The van der Waals surface area contributed by atoms with Gasteiger partial charge >= 0.3 is 6.09 Å². The maximum Gasteiger partial charge on any atom is 0.414 e. The molecule has 0 bridgehead atoms. The number of carbonyl (C=O) groups excluding carboxylic acids is 1. The van der Waals surface area contributed by atoms with Crippen LogP contribution in [-0.2, 0) is 6.54 Å². The van der Waals surface area contributed by atoms with Crippen LogP contribution >= 0.6 is 0 Å². The number of quaternary nitrogens is 1. The maximum atomic E-state index is 11.5. The topological polar surface area (TPSA) is 34.0 Å². The minimum Gasteiger partial charge on any atom is -0.410 e. The largest absolute Gasteiger partial charge is 0.414 e. The average Bonchev–Trinajstić information content (AvgIpc) is 2.20. The summed E-state index contributed by atoms with van der Waals surface area (Å²) < 4.78 is 5.34. The highest BCUT2D eigenvalue weighted by Crippen LogP contribution is 2.19. The van der Waals surface area contributed by atoms with Crippen molar-refractivity contribution >= 4 is 6.09 Å². The molecule has 1 aromatic rings. The lowest BCUT2D eigenvalue weighted by Crippen LogP contribution is -3.04. The number of ether oxygens (including phenoxy) is 1. The summed E-state index contributed by atoms with van der Waals surface area (Å²) in [5.41, 5.74) is 2.23. The van der Waals surface area contributed by atoms with Crippen LogP contribution in [0.5, 0.6) is 5.75 Å². The van der Waals surface area contributed by atoms with E-state index >= 15 is 0 Å². The first-order chi connectivity index (χ1) is 7.90. The Kier molecular flexibility index (Phi) is 4.52. The lowest BCUT2D eigenvalue weighted by molar-refractivity contribution is -0.872. The van der Waals surface area contributed by atoms with E-state index in [1.165, 1.54) is 15.4 Å². The van der Waals surface area contributed by atoms with Gasteiger partial charge in [0, 0.05) is 19.7 Å². The third-order valence-electron chi connectivity index (χ3n) is 2.32. The predicted molar refractivity (Wildman–Crippen MR) is 67.4 cm³/mol. The molecular weight excluding hydrogens is 216 g/mol. The van der Waals surface area contributed by atoms with Gasteiger partial charge in [0.05, 0.1) is 14.1 Å². The van der Waals surface area contributed by atoms with Crippen molar-refractivity contribution < 1.29 is 14.4 Å². The molecule has 1 rings (SSSR count). The third kappa shape index (κ3) is 4.07. The number of benzene rings is 1. The highest BCUT2D eigenvalue weighted by Gasteiger charge is 2.12. The summed E-state index contributed by atoms with van der Waals surface area (Å²) in [5.74, 6) is 0.649. The third-order valence-corrected chi connectivity index (χ3v) is 2.32. The molecule has 94 valence electrons. The lowest BCUT2D eigenvalue weighted by Gasteiger charge is -2.15. The number of aryl methyl sites for hydroxylation is 1. The van der Waals surface area contributed by atoms with Crippen LogP contribution < -0.4 is 9.64 Å². The van der Waals surface area contributed by atoms with Crippen LogP contribution in [0, 0.1) is 6.92 Å². The molecule has 1 amide bonds. The zero-order chi connectivity index (χ0) is 13.0. The van der Waals surface area contributed by atoms with Crippen LogP contribution in [0.1, 0.15) is 11.1 Å². The quantitative estimate of drug-likeness (QED) is 0.839. The molecule has 0 aromatic heterocycles. The van der Waals surface area contributed by atoms with Crippen LogP contribution in [0.25, 0.3) is 0 Å². The van der Waals surface area contributed by atoms with Crippen LogP contribution in [0.4, 0.5) is 4.79 Å². The van der Waals surface area contributed by atoms with Gasteiger partial charge in [-0.25, -0.2) is 4.79 Å². The molecule has 0 radical (unpaired) electrons. The van der Waals surface area contributed by atoms with Gasteiger partial charge in [-0.15, -0.1) is 0 Å². The normalized spacial score (nSPS) is 10.5. The van der Waals surface area contributed by atoms with Crippen LogP contribution in [0.3, 0.4) is 0 Å². The van der Waals surface area contributed by atoms with Crippen LogP contribution in [-0.4, -0.2) is 39.2 Å². The number of carbonyl (C=O) groups is 1. The summed E-state index contributed by atoms with van der Waals surface area (Å²) >= 11 is 0. The van der Waals surface area contributed by atoms with E-state index in [0.717, 1.165) is 12.1 Å². The van der Waals surface area contributed by atoms with E-state index in [4.69, 9.17) is 4.74 Å². The lowest BCUT2D eigenvalue weighted by atomic mass is 10.1. The second kappa shape index (κ2) is 5.68. The van der Waals surface area contributed by atoms with Gasteiger partial charge in [-0.05, 0) is 19.1 Å². The molecule has 0 saturated carbocycles. The first-order valence-electron chi connectivity index (χ1n) is 5.68. The molecule has 0 fully saturated rings. The van der Waals surface area contributed by atoms with E-state index < -0.39 is 0 Å². The van der Waals surface area contributed by atoms with Crippen molar-refractivity contribution in [3.8, 4) is 5.75 Å². The van der Waals surface area contributed by atoms with E-state index in [1.54, 1.807) is 14.1 Å². The van der Waals surface area contributed by atoms with Gasteiger partial charge in [-0.1, -0.05) is 11.6 Å². The number of amides is 1. The Morgan fingerprint density at radius 3 is 2.53 bits per heavy atom. The Morgan fingerprint density at radius 2 is 2.00 bits per heavy atom. The first-order valence-corrected chi connectivity index (χ1v) is 5.68. The molecule has 4 heteroatoms. The smallest absolute Gasteiger partial charge is 0.410 e. The second-order valence-electron chi connectivity index (χ2n) is 4.76. The van der Waals surface area contributed by atoms with Crippen molar-refractivity contribution in [1.82, 2.24) is 4.90 Å². The molecule has 0 unspecified atom stereocenters. The summed E-state index contributed by atoms with van der Waals surface area (Å²) in [6.07, 6.45) is -0.344. The van der Waals surface area contributed by atoms with Crippen molar-refractivity contribution in [2.24, 2.45) is 0 Å². The Labute approximate surface area is 103 Å². The molecule has 17 heavy (non-hydrogen) atoms. The molecule has 0 atom stereocenters. The minimum atomic E-state index is -0.344. The number of rotatable bonds is 3. The SMILES string of the molecule is Cc1ccc(OC(=O)N(C)C)c(C[NH+](C)C)c1. The predicted octanol–water partition coefficient (Wildman–Crippen LogP) is 0.700. The van der Waals surface area contributed by atoms with Crippen LogP contribution in [0.15, 0.2) is 18.2 Å². The second-order valence-corrected chi connectivity index (χ2v) is 4.76. The fourth-order valence-corrected chi connectivity index (χ4v) is 1.51. The number of hydrogen-bond donors (Lipinski definition) is 1. The Bertz CT molecular complexity index is 400. The molecule has 0 saturated heterocycles. The summed E-state index contributed by atoms with van der Waals surface area (Å²) in [4.78, 5) is 14.2. The summed E-state index contributed by atoms with van der Waals surface area (Å²) in [7, 11) is 7.49. The summed E-state index contributed by atoms with van der Waals surface area (Å²) in [5, 5.41) is 0. The van der Waals surface area contributed by atoms with Crippen molar-refractivity contribution in [3.63, 3.8) is 0 Å². The highest BCUT2D eigenvalue weighted by atomic mass is 16.6. The molecule has 1 N–H and O–H groups in total. The molecule has 0 heterocycles. The van der Waals surface area contributed by atoms with Crippen molar-refractivity contribution in [2.45, 2.75) is 13.5 Å². The Balaban J connectivity index is 2.93. The van der Waals surface area contributed by atoms with Crippen molar-refractivity contribution in [2.75, 3.05) is 28.2 Å². The average molecular weight is 237 g/mol. The van der Waals surface area contributed by atoms with Gasteiger partial charge in [0.1, 0.15) is 12.3 Å². The van der Waals surface area contributed by atoms with E-state index in [1.807, 2.05) is 19.1 Å². The van der Waals surface area contributed by atoms with Gasteiger partial charge in [0.2, 0.25) is 0 Å². The zero-order valence-corrected chi connectivity index (χ0v) is 11.2. The standard InChI is InChI=1S/C13H20N2O2/c1-10-6-7-12(17-13(16)15(4)5)11(8-10)9-14(2)3/h6-8H,9H2,1-5H3/p+1. The van der Waals surface area contributed by atoms with Gasteiger partial charge in [-0.3, -0.25) is 0 Å². The zero-order valence-electron chi connectivity index (χ0n) is 11.2. The molecule has 0 aliphatic heterocycles. The molecule has 4 nitrogen and oxygen atoms in total. The molecule has 0 aliphatic carbocycles. The molecule has 0 aliphatic rings. The first kappa shape index (κ1) is 13.5. The molecule has 1 aromatic carbocycles. The van der Waals surface area contributed by atoms with Gasteiger partial charge in [0.25, 0.3) is 0 Å². The number of nitrogens with zero attached hydrogens (tertiary/aromatic N) is 1. The Morgan fingerprint density at radius 1 is 1.35 bits per heavy atom. The molecular formula is C13H21N2O2+. The summed E-state index contributed by atoms with van der Waals surface area (Å²) in [6.45, 7) is 2.86. The highest BCUT2D eigenvalue weighted by molar-refractivity contribution is 5.70. The fourth-order valence-electron chi connectivity index (χ4n) is 1.51. The number of nitrogens with one attached hydrogen (secondary N) is 1. The maximum absolute atomic E-state index is 11.5. The van der Waals surface area contributed by atoms with Crippen molar-refractivity contribution in [1.29, 1.82) is 0 Å². The summed E-state index contributed by atoms with van der Waals surface area (Å²) in [6, 6.07) is 5.87. The van der Waals surface area contributed by atoms with E-state index in [0.29, 0.717) is 5.75 Å². The van der Waals surface area contributed by atoms with E-state index in [-0.39, 0.29) is 6.09 Å².